The maximum atomic E-state index is 13.4. The van der Waals surface area contributed by atoms with Gasteiger partial charge in [-0.25, -0.2) is 4.39 Å². The number of anilines is 1. The van der Waals surface area contributed by atoms with Crippen LogP contribution in [-0.4, -0.2) is 13.0 Å². The van der Waals surface area contributed by atoms with E-state index >= 15 is 0 Å². The first-order valence-electron chi connectivity index (χ1n) is 10.1. The van der Waals surface area contributed by atoms with Crippen molar-refractivity contribution >= 4 is 51.3 Å². The first-order chi connectivity index (χ1) is 15.8. The van der Waals surface area contributed by atoms with E-state index in [1.807, 2.05) is 19.9 Å². The van der Waals surface area contributed by atoms with Gasteiger partial charge in [0.1, 0.15) is 17.1 Å². The summed E-state index contributed by atoms with van der Waals surface area (Å²) in [6.07, 6.45) is 3.11. The second kappa shape index (κ2) is 9.30. The minimum absolute atomic E-state index is 0.274. The monoisotopic (exact) mass is 483 g/mol. The Morgan fingerprint density at radius 1 is 1.15 bits per heavy atom. The molecule has 1 N–H and O–H groups in total. The number of carbonyl (C=O) groups is 1. The van der Waals surface area contributed by atoms with Crippen LogP contribution in [0.4, 0.5) is 10.1 Å². The highest BCUT2D eigenvalue weighted by molar-refractivity contribution is 6.44. The summed E-state index contributed by atoms with van der Waals surface area (Å²) in [5.41, 5.74) is 4.94. The summed E-state index contributed by atoms with van der Waals surface area (Å²) in [6.45, 7) is 3.71. The number of furan rings is 1. The van der Waals surface area contributed by atoms with Gasteiger partial charge in [-0.05, 0) is 55.3 Å². The molecule has 0 saturated carbocycles. The number of methoxy groups -OCH3 is 1. The molecule has 0 radical (unpaired) electrons. The molecule has 0 saturated heterocycles. The summed E-state index contributed by atoms with van der Waals surface area (Å²) in [5.74, 6) is -0.0676. The lowest BCUT2D eigenvalue weighted by Gasteiger charge is -2.13. The zero-order chi connectivity index (χ0) is 23.7. The quantitative estimate of drug-likeness (QED) is 0.293. The predicted molar refractivity (Wildman–Crippen MR) is 132 cm³/mol. The molecule has 0 unspecified atom stereocenters. The van der Waals surface area contributed by atoms with Crippen LogP contribution in [0.15, 0.2) is 65.3 Å². The molecule has 0 fully saturated rings. The van der Waals surface area contributed by atoms with Gasteiger partial charge in [-0.1, -0.05) is 41.4 Å². The van der Waals surface area contributed by atoms with Gasteiger partial charge in [-0.15, -0.1) is 0 Å². The van der Waals surface area contributed by atoms with Crippen LogP contribution in [0.5, 0.6) is 5.75 Å². The smallest absolute Gasteiger partial charge is 0.248 e. The molecule has 4 rings (SSSR count). The summed E-state index contributed by atoms with van der Waals surface area (Å²) < 4.78 is 24.9. The first-order valence-corrected chi connectivity index (χ1v) is 10.8. The number of aryl methyl sites for hydroxylation is 1. The van der Waals surface area contributed by atoms with Gasteiger partial charge in [-0.2, -0.15) is 0 Å². The molecule has 1 heterocycles. The van der Waals surface area contributed by atoms with Gasteiger partial charge in [0, 0.05) is 28.2 Å². The van der Waals surface area contributed by atoms with Crippen LogP contribution in [0.3, 0.4) is 0 Å². The standard InChI is InChI=1S/C26H20Cl2FNO3/c1-14(11-23(31)30-22-6-4-5-21(27)24(22)28)18-12-19-20(16-7-9-17(29)10-8-16)13-33-26(19)15(2)25(18)32-3/h4-13H,1-3H3,(H,30,31)/b14-11+. The molecule has 0 bridgehead atoms. The van der Waals surface area contributed by atoms with Crippen molar-refractivity contribution in [1.29, 1.82) is 0 Å². The molecule has 0 aliphatic carbocycles. The van der Waals surface area contributed by atoms with Crippen LogP contribution in [0, 0.1) is 12.7 Å². The zero-order valence-corrected chi connectivity index (χ0v) is 19.6. The largest absolute Gasteiger partial charge is 0.496 e. The third kappa shape index (κ3) is 4.47. The normalized spacial score (nSPS) is 11.6. The van der Waals surface area contributed by atoms with E-state index in [9.17, 15) is 9.18 Å². The van der Waals surface area contributed by atoms with E-state index in [1.165, 1.54) is 18.2 Å². The highest BCUT2D eigenvalue weighted by Crippen LogP contribution is 2.40. The van der Waals surface area contributed by atoms with Crippen molar-refractivity contribution in [1.82, 2.24) is 0 Å². The third-order valence-corrected chi connectivity index (χ3v) is 6.20. The molecule has 4 nitrogen and oxygen atoms in total. The van der Waals surface area contributed by atoms with Crippen molar-refractivity contribution in [2.24, 2.45) is 0 Å². The molecule has 0 atom stereocenters. The average molecular weight is 484 g/mol. The first kappa shape index (κ1) is 22.9. The van der Waals surface area contributed by atoms with Crippen molar-refractivity contribution in [3.05, 3.63) is 87.9 Å². The summed E-state index contributed by atoms with van der Waals surface area (Å²) in [5, 5.41) is 4.21. The van der Waals surface area contributed by atoms with Crippen molar-refractivity contribution in [2.75, 3.05) is 12.4 Å². The molecule has 0 aliphatic rings. The van der Waals surface area contributed by atoms with Crippen LogP contribution >= 0.6 is 23.2 Å². The van der Waals surface area contributed by atoms with Gasteiger partial charge in [0.25, 0.3) is 0 Å². The number of halogens is 3. The molecule has 1 amide bonds. The Morgan fingerprint density at radius 2 is 1.88 bits per heavy atom. The number of benzene rings is 3. The van der Waals surface area contributed by atoms with E-state index in [0.717, 1.165) is 27.6 Å². The lowest BCUT2D eigenvalue weighted by Crippen LogP contribution is -2.09. The number of ether oxygens (including phenoxy) is 1. The molecular weight excluding hydrogens is 464 g/mol. The van der Waals surface area contributed by atoms with E-state index in [4.69, 9.17) is 32.4 Å². The van der Waals surface area contributed by atoms with Crippen LogP contribution in [0.1, 0.15) is 18.1 Å². The summed E-state index contributed by atoms with van der Waals surface area (Å²) in [7, 11) is 1.57. The van der Waals surface area contributed by atoms with Crippen molar-refractivity contribution < 1.29 is 18.3 Å². The van der Waals surface area contributed by atoms with E-state index in [2.05, 4.69) is 5.32 Å². The number of fused-ring (bicyclic) bond motifs is 1. The highest BCUT2D eigenvalue weighted by atomic mass is 35.5. The zero-order valence-electron chi connectivity index (χ0n) is 18.1. The fraction of sp³-hybridized carbons (Fsp3) is 0.115. The Hall–Kier alpha value is -3.28. The Balaban J connectivity index is 1.76. The third-order valence-electron chi connectivity index (χ3n) is 5.39. The molecule has 168 valence electrons. The molecule has 7 heteroatoms. The number of hydrogen-bond acceptors (Lipinski definition) is 3. The second-order valence-corrected chi connectivity index (χ2v) is 8.32. The topological polar surface area (TPSA) is 51.5 Å². The minimum Gasteiger partial charge on any atom is -0.496 e. The van der Waals surface area contributed by atoms with Crippen molar-refractivity contribution in [3.63, 3.8) is 0 Å². The fourth-order valence-corrected chi connectivity index (χ4v) is 4.12. The van der Waals surface area contributed by atoms with Gasteiger partial charge < -0.3 is 14.5 Å². The Morgan fingerprint density at radius 3 is 2.58 bits per heavy atom. The SMILES string of the molecule is COc1c(/C(C)=C/C(=O)Nc2cccc(Cl)c2Cl)cc2c(-c3ccc(F)cc3)coc2c1C. The van der Waals surface area contributed by atoms with Gasteiger partial charge >= 0.3 is 0 Å². The summed E-state index contributed by atoms with van der Waals surface area (Å²) in [6, 6.07) is 13.1. The van der Waals surface area contributed by atoms with Gasteiger partial charge in [-0.3, -0.25) is 4.79 Å². The fourth-order valence-electron chi connectivity index (χ4n) is 3.77. The van der Waals surface area contributed by atoms with Crippen LogP contribution in [0.25, 0.3) is 27.7 Å². The number of nitrogens with one attached hydrogen (secondary N) is 1. The Kier molecular flexibility index (Phi) is 6.45. The molecule has 33 heavy (non-hydrogen) atoms. The van der Waals surface area contributed by atoms with Gasteiger partial charge in [0.2, 0.25) is 5.91 Å². The van der Waals surface area contributed by atoms with E-state index in [0.29, 0.717) is 27.6 Å². The number of allylic oxidation sites excluding steroid dienone is 1. The maximum absolute atomic E-state index is 13.4. The summed E-state index contributed by atoms with van der Waals surface area (Å²) >= 11 is 12.2. The molecule has 3 aromatic carbocycles. The molecule has 0 aliphatic heterocycles. The van der Waals surface area contributed by atoms with Crippen LogP contribution < -0.4 is 10.1 Å². The average Bonchev–Trinajstić information content (AvgIpc) is 3.21. The van der Waals surface area contributed by atoms with E-state index < -0.39 is 0 Å². The lowest BCUT2D eigenvalue weighted by molar-refractivity contribution is -0.111. The Labute approximate surface area is 200 Å². The highest BCUT2D eigenvalue weighted by Gasteiger charge is 2.19. The second-order valence-electron chi connectivity index (χ2n) is 7.53. The number of rotatable bonds is 5. The van der Waals surface area contributed by atoms with Crippen molar-refractivity contribution in [3.8, 4) is 16.9 Å². The van der Waals surface area contributed by atoms with E-state index in [1.54, 1.807) is 43.7 Å². The van der Waals surface area contributed by atoms with Crippen molar-refractivity contribution in [2.45, 2.75) is 13.8 Å². The van der Waals surface area contributed by atoms with Crippen LogP contribution in [-0.2, 0) is 4.79 Å². The molecule has 1 aromatic heterocycles. The lowest BCUT2D eigenvalue weighted by atomic mass is 9.96. The maximum Gasteiger partial charge on any atom is 0.248 e. The molecule has 0 spiro atoms. The number of carbonyl (C=O) groups excluding carboxylic acids is 1. The molecule has 4 aromatic rings. The Bertz CT molecular complexity index is 1390. The summed E-state index contributed by atoms with van der Waals surface area (Å²) in [4.78, 5) is 12.7. The van der Waals surface area contributed by atoms with Gasteiger partial charge in [0.05, 0.1) is 29.1 Å². The van der Waals surface area contributed by atoms with Gasteiger partial charge in [0.15, 0.2) is 0 Å². The molecular formula is C26H20Cl2FNO3. The van der Waals surface area contributed by atoms with E-state index in [-0.39, 0.29) is 16.7 Å². The number of hydrogen-bond donors (Lipinski definition) is 1. The number of amides is 1. The minimum atomic E-state index is -0.359. The predicted octanol–water partition coefficient (Wildman–Crippen LogP) is 7.90. The van der Waals surface area contributed by atoms with Crippen LogP contribution in [0.2, 0.25) is 10.0 Å².